The van der Waals surface area contributed by atoms with Crippen LogP contribution in [0, 0.1) is 0 Å². The quantitative estimate of drug-likeness (QED) is 0.417. The summed E-state index contributed by atoms with van der Waals surface area (Å²) in [5.74, 6) is 1.28. The van der Waals surface area contributed by atoms with E-state index in [2.05, 4.69) is 10.3 Å². The van der Waals surface area contributed by atoms with Crippen molar-refractivity contribution in [1.82, 2.24) is 14.9 Å². The average molecular weight is 428 g/mol. The maximum Gasteiger partial charge on any atom is 0.262 e. The second-order valence-electron chi connectivity index (χ2n) is 6.62. The molecule has 3 aromatic rings. The lowest BCUT2D eigenvalue weighted by Gasteiger charge is -2.13. The normalized spacial score (nSPS) is 10.8. The van der Waals surface area contributed by atoms with Crippen LogP contribution in [0.3, 0.4) is 0 Å². The third kappa shape index (κ3) is 4.94. The van der Waals surface area contributed by atoms with Crippen LogP contribution in [0.25, 0.3) is 10.9 Å². The molecule has 0 fully saturated rings. The van der Waals surface area contributed by atoms with Gasteiger partial charge in [-0.3, -0.25) is 14.2 Å². The number of methoxy groups -OCH3 is 2. The SMILES string of the molecule is CCCn1c(SCC(=O)NCc2ccc(OC)c(OC)c2)nc2ccccc2c1=O. The minimum atomic E-state index is -0.139. The Balaban J connectivity index is 1.68. The van der Waals surface area contributed by atoms with Crippen LogP contribution in [0.1, 0.15) is 18.9 Å². The molecule has 0 bridgehead atoms. The van der Waals surface area contributed by atoms with Gasteiger partial charge in [-0.1, -0.05) is 36.9 Å². The van der Waals surface area contributed by atoms with E-state index in [-0.39, 0.29) is 17.2 Å². The van der Waals surface area contributed by atoms with Crippen molar-refractivity contribution in [3.05, 3.63) is 58.4 Å². The molecule has 3 rings (SSSR count). The first-order valence-electron chi connectivity index (χ1n) is 9.67. The van der Waals surface area contributed by atoms with E-state index in [4.69, 9.17) is 9.47 Å². The molecule has 30 heavy (non-hydrogen) atoms. The molecule has 1 heterocycles. The monoisotopic (exact) mass is 427 g/mol. The highest BCUT2D eigenvalue weighted by Crippen LogP contribution is 2.27. The molecule has 0 radical (unpaired) electrons. The fraction of sp³-hybridized carbons (Fsp3) is 0.318. The van der Waals surface area contributed by atoms with Crippen molar-refractivity contribution >= 4 is 28.6 Å². The molecule has 8 heteroatoms. The molecular formula is C22H25N3O4S. The van der Waals surface area contributed by atoms with E-state index in [0.29, 0.717) is 40.6 Å². The van der Waals surface area contributed by atoms with Crippen LogP contribution in [0.5, 0.6) is 11.5 Å². The lowest BCUT2D eigenvalue weighted by Crippen LogP contribution is -2.26. The Bertz CT molecular complexity index is 1100. The number of nitrogens with one attached hydrogen (secondary N) is 1. The molecule has 0 atom stereocenters. The molecule has 158 valence electrons. The van der Waals surface area contributed by atoms with Crippen LogP contribution in [0.15, 0.2) is 52.4 Å². The molecule has 0 aliphatic rings. The molecule has 1 aromatic heterocycles. The molecular weight excluding hydrogens is 402 g/mol. The fourth-order valence-electron chi connectivity index (χ4n) is 3.05. The molecule has 0 saturated carbocycles. The molecule has 2 aromatic carbocycles. The Kier molecular flexibility index (Phi) is 7.35. The number of aromatic nitrogens is 2. The van der Waals surface area contributed by atoms with Gasteiger partial charge in [0.25, 0.3) is 5.56 Å². The highest BCUT2D eigenvalue weighted by atomic mass is 32.2. The van der Waals surface area contributed by atoms with E-state index >= 15 is 0 Å². The fourth-order valence-corrected chi connectivity index (χ4v) is 3.91. The summed E-state index contributed by atoms with van der Waals surface area (Å²) in [5.41, 5.74) is 1.47. The second kappa shape index (κ2) is 10.2. The number of para-hydroxylation sites is 1. The van der Waals surface area contributed by atoms with Crippen LogP contribution in [0.2, 0.25) is 0 Å². The smallest absolute Gasteiger partial charge is 0.262 e. The van der Waals surface area contributed by atoms with Crippen molar-refractivity contribution in [3.63, 3.8) is 0 Å². The van der Waals surface area contributed by atoms with E-state index in [1.807, 2.05) is 37.3 Å². The maximum absolute atomic E-state index is 12.8. The second-order valence-corrected chi connectivity index (χ2v) is 7.57. The molecule has 0 unspecified atom stereocenters. The third-order valence-corrected chi connectivity index (χ3v) is 5.52. The zero-order valence-corrected chi connectivity index (χ0v) is 18.1. The number of hydrogen-bond donors (Lipinski definition) is 1. The van der Waals surface area contributed by atoms with Crippen molar-refractivity contribution < 1.29 is 14.3 Å². The van der Waals surface area contributed by atoms with E-state index in [9.17, 15) is 9.59 Å². The summed E-state index contributed by atoms with van der Waals surface area (Å²) in [6.45, 7) is 2.94. The first kappa shape index (κ1) is 21.7. The first-order chi connectivity index (χ1) is 14.6. The predicted octanol–water partition coefficient (Wildman–Crippen LogP) is 3.23. The number of amides is 1. The minimum absolute atomic E-state index is 0.0734. The molecule has 7 nitrogen and oxygen atoms in total. The summed E-state index contributed by atoms with van der Waals surface area (Å²) in [7, 11) is 3.15. The number of nitrogens with zero attached hydrogens (tertiary/aromatic N) is 2. The number of fused-ring (bicyclic) bond motifs is 1. The molecule has 1 amide bonds. The lowest BCUT2D eigenvalue weighted by molar-refractivity contribution is -0.118. The number of carbonyl (C=O) groups excluding carboxylic acids is 1. The largest absolute Gasteiger partial charge is 0.493 e. The van der Waals surface area contributed by atoms with Gasteiger partial charge in [0.15, 0.2) is 16.7 Å². The standard InChI is InChI=1S/C22H25N3O4S/c1-4-11-25-21(27)16-7-5-6-8-17(16)24-22(25)30-14-20(26)23-13-15-9-10-18(28-2)19(12-15)29-3/h5-10,12H,4,11,13-14H2,1-3H3,(H,23,26). The van der Waals surface area contributed by atoms with Gasteiger partial charge in [0.05, 0.1) is 30.9 Å². The number of benzene rings is 2. The number of carbonyl (C=O) groups is 1. The molecule has 0 saturated heterocycles. The average Bonchev–Trinajstić information content (AvgIpc) is 2.78. The zero-order chi connectivity index (χ0) is 21.5. The lowest BCUT2D eigenvalue weighted by atomic mass is 10.2. The van der Waals surface area contributed by atoms with Gasteiger partial charge in [-0.15, -0.1) is 0 Å². The van der Waals surface area contributed by atoms with E-state index in [1.54, 1.807) is 30.9 Å². The van der Waals surface area contributed by atoms with Gasteiger partial charge >= 0.3 is 0 Å². The van der Waals surface area contributed by atoms with Gasteiger partial charge in [-0.2, -0.15) is 0 Å². The first-order valence-corrected chi connectivity index (χ1v) is 10.7. The Labute approximate surface area is 179 Å². The number of ether oxygens (including phenoxy) is 2. The van der Waals surface area contributed by atoms with Crippen LogP contribution in [0.4, 0.5) is 0 Å². The highest BCUT2D eigenvalue weighted by Gasteiger charge is 2.13. The summed E-state index contributed by atoms with van der Waals surface area (Å²) in [5, 5.41) is 4.04. The van der Waals surface area contributed by atoms with Crippen LogP contribution < -0.4 is 20.3 Å². The van der Waals surface area contributed by atoms with E-state index in [1.165, 1.54) is 11.8 Å². The van der Waals surface area contributed by atoms with Gasteiger partial charge in [-0.05, 0) is 36.2 Å². The summed E-state index contributed by atoms with van der Waals surface area (Å²) in [6, 6.07) is 12.8. The highest BCUT2D eigenvalue weighted by molar-refractivity contribution is 7.99. The third-order valence-electron chi connectivity index (χ3n) is 4.54. The Morgan fingerprint density at radius 3 is 2.63 bits per heavy atom. The van der Waals surface area contributed by atoms with Gasteiger partial charge in [0.1, 0.15) is 0 Å². The van der Waals surface area contributed by atoms with Gasteiger partial charge in [-0.25, -0.2) is 4.98 Å². The topological polar surface area (TPSA) is 82.5 Å². The van der Waals surface area contributed by atoms with Crippen LogP contribution in [-0.4, -0.2) is 35.4 Å². The Morgan fingerprint density at radius 1 is 1.13 bits per heavy atom. The summed E-state index contributed by atoms with van der Waals surface area (Å²) < 4.78 is 12.2. The number of thioether (sulfide) groups is 1. The predicted molar refractivity (Wildman–Crippen MR) is 118 cm³/mol. The van der Waals surface area contributed by atoms with Crippen molar-refractivity contribution in [3.8, 4) is 11.5 Å². The molecule has 0 aliphatic carbocycles. The van der Waals surface area contributed by atoms with Crippen molar-refractivity contribution in [2.75, 3.05) is 20.0 Å². The van der Waals surface area contributed by atoms with E-state index < -0.39 is 0 Å². The van der Waals surface area contributed by atoms with Gasteiger partial charge < -0.3 is 14.8 Å². The molecule has 1 N–H and O–H groups in total. The summed E-state index contributed by atoms with van der Waals surface area (Å²) in [6.07, 6.45) is 0.805. The Morgan fingerprint density at radius 2 is 1.90 bits per heavy atom. The number of hydrogen-bond acceptors (Lipinski definition) is 6. The summed E-state index contributed by atoms with van der Waals surface area (Å²) >= 11 is 1.27. The summed E-state index contributed by atoms with van der Waals surface area (Å²) in [4.78, 5) is 29.8. The minimum Gasteiger partial charge on any atom is -0.493 e. The van der Waals surface area contributed by atoms with Crippen LogP contribution >= 0.6 is 11.8 Å². The van der Waals surface area contributed by atoms with Gasteiger partial charge in [0.2, 0.25) is 5.91 Å². The molecule has 0 spiro atoms. The van der Waals surface area contributed by atoms with Crippen molar-refractivity contribution in [2.24, 2.45) is 0 Å². The molecule has 0 aliphatic heterocycles. The van der Waals surface area contributed by atoms with Gasteiger partial charge in [0, 0.05) is 13.1 Å². The Hall–Kier alpha value is -3.00. The van der Waals surface area contributed by atoms with Crippen molar-refractivity contribution in [2.45, 2.75) is 31.6 Å². The number of rotatable bonds is 9. The zero-order valence-electron chi connectivity index (χ0n) is 17.3. The van der Waals surface area contributed by atoms with Crippen molar-refractivity contribution in [1.29, 1.82) is 0 Å². The van der Waals surface area contributed by atoms with E-state index in [0.717, 1.165) is 12.0 Å². The van der Waals surface area contributed by atoms with Crippen LogP contribution in [-0.2, 0) is 17.9 Å². The maximum atomic E-state index is 12.8.